The number of nitrogens with zero attached hydrogens (tertiary/aromatic N) is 3. The lowest BCUT2D eigenvalue weighted by atomic mass is 9.88. The van der Waals surface area contributed by atoms with E-state index in [1.807, 2.05) is 0 Å². The topological polar surface area (TPSA) is 76.7 Å². The van der Waals surface area contributed by atoms with E-state index in [1.54, 1.807) is 0 Å². The predicted molar refractivity (Wildman–Crippen MR) is 70.0 cm³/mol. The van der Waals surface area contributed by atoms with Gasteiger partial charge in [-0.15, -0.1) is 0 Å². The molecule has 3 rings (SSSR count). The first-order valence-corrected chi connectivity index (χ1v) is 6.12. The summed E-state index contributed by atoms with van der Waals surface area (Å²) in [5.74, 6) is 0.792. The van der Waals surface area contributed by atoms with Crippen molar-refractivity contribution in [1.29, 1.82) is 0 Å². The van der Waals surface area contributed by atoms with Crippen molar-refractivity contribution in [2.45, 2.75) is 25.3 Å². The van der Waals surface area contributed by atoms with Gasteiger partial charge in [0.15, 0.2) is 0 Å². The number of hydrogen-bond acceptors (Lipinski definition) is 5. The van der Waals surface area contributed by atoms with Crippen LogP contribution in [0.2, 0.25) is 0 Å². The minimum Gasteiger partial charge on any atom is -0.368 e. The Balaban J connectivity index is 1.86. The highest BCUT2D eigenvalue weighted by molar-refractivity contribution is 5.39. The summed E-state index contributed by atoms with van der Waals surface area (Å²) >= 11 is 0. The molecule has 2 aromatic rings. The van der Waals surface area contributed by atoms with E-state index < -0.39 is 0 Å². The lowest BCUT2D eigenvalue weighted by Crippen LogP contribution is -2.18. The fourth-order valence-electron chi connectivity index (χ4n) is 2.44. The van der Waals surface area contributed by atoms with E-state index in [1.165, 1.54) is 23.9 Å². The summed E-state index contributed by atoms with van der Waals surface area (Å²) in [7, 11) is 0. The summed E-state index contributed by atoms with van der Waals surface area (Å²) in [4.78, 5) is 12.0. The van der Waals surface area contributed by atoms with Crippen molar-refractivity contribution in [2.24, 2.45) is 0 Å². The van der Waals surface area contributed by atoms with Gasteiger partial charge in [-0.2, -0.15) is 4.98 Å². The van der Waals surface area contributed by atoms with E-state index in [9.17, 15) is 0 Å². The van der Waals surface area contributed by atoms with Gasteiger partial charge in [-0.25, -0.2) is 9.97 Å². The molecule has 0 amide bonds. The molecular formula is C13H15N5. The molecule has 5 heteroatoms. The van der Waals surface area contributed by atoms with Crippen molar-refractivity contribution in [3.8, 4) is 0 Å². The number of anilines is 2. The molecule has 1 aromatic heterocycles. The Hall–Kier alpha value is -2.17. The van der Waals surface area contributed by atoms with Crippen LogP contribution in [0.3, 0.4) is 0 Å². The van der Waals surface area contributed by atoms with Gasteiger partial charge in [0.1, 0.15) is 6.33 Å². The molecule has 0 aliphatic heterocycles. The molecule has 0 radical (unpaired) electrons. The zero-order valence-corrected chi connectivity index (χ0v) is 10.0. The number of aromatic nitrogens is 3. The van der Waals surface area contributed by atoms with Crippen LogP contribution in [0.5, 0.6) is 0 Å². The molecule has 0 fully saturated rings. The summed E-state index contributed by atoms with van der Waals surface area (Å²) in [5.41, 5.74) is 8.30. The highest BCUT2D eigenvalue weighted by Gasteiger charge is 2.20. The maximum absolute atomic E-state index is 5.56. The molecule has 1 atom stereocenters. The van der Waals surface area contributed by atoms with Crippen molar-refractivity contribution in [1.82, 2.24) is 15.0 Å². The Morgan fingerprint density at radius 3 is 3.00 bits per heavy atom. The SMILES string of the molecule is Nc1ncnc(NC2CCCc3ccccc32)n1. The largest absolute Gasteiger partial charge is 0.368 e. The number of fused-ring (bicyclic) bond motifs is 1. The lowest BCUT2D eigenvalue weighted by Gasteiger charge is -2.26. The number of rotatable bonds is 2. The van der Waals surface area contributed by atoms with Crippen LogP contribution in [-0.2, 0) is 6.42 Å². The van der Waals surface area contributed by atoms with Crippen LogP contribution in [0.25, 0.3) is 0 Å². The number of nitrogens with one attached hydrogen (secondary N) is 1. The Morgan fingerprint density at radius 2 is 2.11 bits per heavy atom. The van der Waals surface area contributed by atoms with Gasteiger partial charge in [0.05, 0.1) is 6.04 Å². The smallest absolute Gasteiger partial charge is 0.227 e. The zero-order valence-electron chi connectivity index (χ0n) is 10.0. The fourth-order valence-corrected chi connectivity index (χ4v) is 2.44. The number of aryl methyl sites for hydroxylation is 1. The van der Waals surface area contributed by atoms with E-state index in [4.69, 9.17) is 5.73 Å². The van der Waals surface area contributed by atoms with E-state index in [0.29, 0.717) is 5.95 Å². The van der Waals surface area contributed by atoms with Crippen LogP contribution in [0, 0.1) is 0 Å². The standard InChI is InChI=1S/C13H15N5/c14-12-15-8-16-13(18-12)17-11-7-3-5-9-4-1-2-6-10(9)11/h1-2,4,6,8,11H,3,5,7H2,(H3,14,15,16,17,18). The van der Waals surface area contributed by atoms with E-state index in [-0.39, 0.29) is 12.0 Å². The van der Waals surface area contributed by atoms with Crippen molar-refractivity contribution in [3.63, 3.8) is 0 Å². The van der Waals surface area contributed by atoms with Gasteiger partial charge in [0, 0.05) is 0 Å². The summed E-state index contributed by atoms with van der Waals surface area (Å²) in [6.07, 6.45) is 4.84. The van der Waals surface area contributed by atoms with Crippen LogP contribution < -0.4 is 11.1 Å². The molecule has 0 saturated carbocycles. The Kier molecular flexibility index (Phi) is 2.80. The average molecular weight is 241 g/mol. The molecule has 5 nitrogen and oxygen atoms in total. The first kappa shape index (κ1) is 11.0. The molecule has 18 heavy (non-hydrogen) atoms. The monoisotopic (exact) mass is 241 g/mol. The van der Waals surface area contributed by atoms with Gasteiger partial charge in [0.2, 0.25) is 11.9 Å². The van der Waals surface area contributed by atoms with Crippen LogP contribution in [0.15, 0.2) is 30.6 Å². The molecule has 0 spiro atoms. The van der Waals surface area contributed by atoms with E-state index >= 15 is 0 Å². The summed E-state index contributed by atoms with van der Waals surface area (Å²) in [5, 5.41) is 3.34. The molecule has 0 bridgehead atoms. The molecule has 1 aromatic carbocycles. The second kappa shape index (κ2) is 4.60. The van der Waals surface area contributed by atoms with Crippen molar-refractivity contribution >= 4 is 11.9 Å². The third-order valence-corrected chi connectivity index (χ3v) is 3.26. The summed E-state index contributed by atoms with van der Waals surface area (Å²) in [6.45, 7) is 0. The van der Waals surface area contributed by atoms with Crippen molar-refractivity contribution < 1.29 is 0 Å². The molecule has 0 saturated heterocycles. The molecule has 1 heterocycles. The Morgan fingerprint density at radius 1 is 1.22 bits per heavy atom. The zero-order chi connectivity index (χ0) is 12.4. The van der Waals surface area contributed by atoms with Crippen LogP contribution >= 0.6 is 0 Å². The minimum absolute atomic E-state index is 0.247. The van der Waals surface area contributed by atoms with Gasteiger partial charge < -0.3 is 11.1 Å². The fraction of sp³-hybridized carbons (Fsp3) is 0.308. The minimum atomic E-state index is 0.247. The molecular weight excluding hydrogens is 226 g/mol. The maximum atomic E-state index is 5.56. The van der Waals surface area contributed by atoms with E-state index in [0.717, 1.165) is 12.8 Å². The van der Waals surface area contributed by atoms with Gasteiger partial charge in [-0.3, -0.25) is 0 Å². The first-order chi connectivity index (χ1) is 8.83. The summed E-state index contributed by atoms with van der Waals surface area (Å²) in [6, 6.07) is 8.77. The van der Waals surface area contributed by atoms with Gasteiger partial charge in [-0.1, -0.05) is 24.3 Å². The van der Waals surface area contributed by atoms with Gasteiger partial charge in [0.25, 0.3) is 0 Å². The molecule has 3 N–H and O–H groups in total. The van der Waals surface area contributed by atoms with Gasteiger partial charge in [-0.05, 0) is 30.4 Å². The highest BCUT2D eigenvalue weighted by Crippen LogP contribution is 2.31. The molecule has 92 valence electrons. The van der Waals surface area contributed by atoms with E-state index in [2.05, 4.69) is 44.5 Å². The average Bonchev–Trinajstić information content (AvgIpc) is 2.39. The highest BCUT2D eigenvalue weighted by atomic mass is 15.2. The predicted octanol–water partition coefficient (Wildman–Crippen LogP) is 1.94. The summed E-state index contributed by atoms with van der Waals surface area (Å²) < 4.78 is 0. The normalized spacial score (nSPS) is 18.1. The van der Waals surface area contributed by atoms with Crippen LogP contribution in [-0.4, -0.2) is 15.0 Å². The first-order valence-electron chi connectivity index (χ1n) is 6.12. The van der Waals surface area contributed by atoms with Crippen molar-refractivity contribution in [3.05, 3.63) is 41.7 Å². The molecule has 1 aliphatic rings. The van der Waals surface area contributed by atoms with Crippen LogP contribution in [0.1, 0.15) is 30.0 Å². The van der Waals surface area contributed by atoms with Gasteiger partial charge >= 0.3 is 0 Å². The molecule has 1 aliphatic carbocycles. The molecule has 1 unspecified atom stereocenters. The maximum Gasteiger partial charge on any atom is 0.227 e. The number of hydrogen-bond donors (Lipinski definition) is 2. The number of nitrogens with two attached hydrogens (primary N) is 1. The lowest BCUT2D eigenvalue weighted by molar-refractivity contribution is 0.596. The second-order valence-electron chi connectivity index (χ2n) is 4.46. The third kappa shape index (κ3) is 2.11. The second-order valence-corrected chi connectivity index (χ2v) is 4.46. The number of nitrogen functional groups attached to an aromatic ring is 1. The van der Waals surface area contributed by atoms with Crippen molar-refractivity contribution in [2.75, 3.05) is 11.1 Å². The third-order valence-electron chi connectivity index (χ3n) is 3.26. The quantitative estimate of drug-likeness (QED) is 0.840. The Labute approximate surface area is 105 Å². The Bertz CT molecular complexity index is 555. The van der Waals surface area contributed by atoms with Crippen LogP contribution in [0.4, 0.5) is 11.9 Å². The number of benzene rings is 1.